The smallest absolute Gasteiger partial charge is 0.350 e. The number of benzene rings is 1. The topological polar surface area (TPSA) is 201 Å². The summed E-state index contributed by atoms with van der Waals surface area (Å²) >= 11 is 0. The van der Waals surface area contributed by atoms with Crippen molar-refractivity contribution in [3.8, 4) is 0 Å². The second kappa shape index (κ2) is 20.0. The number of anilines is 2. The fraction of sp³-hybridized carbons (Fsp3) is 0.510. The molecular weight excluding hydrogens is 809 g/mol. The Morgan fingerprint density at radius 1 is 1.09 bits per heavy atom. The molecule has 7 rings (SSSR count). The van der Waals surface area contributed by atoms with Gasteiger partial charge in [0.05, 0.1) is 13.3 Å². The zero-order chi connectivity index (χ0) is 45.6. The second-order valence-electron chi connectivity index (χ2n) is 18.8. The number of aryl methyl sites for hydroxylation is 1. The standard InChI is InChI=1S/C51H66N6O7/c1-6-54-41-25-36-12-8-7-11-35(36)24-40(41)42(15-10-22-58)63-48(62)51-47(61)45-37(27-49(3,4)26-34-18-19-43(52)56-29-34)13-9-14-39(45)46(60)50(51,64-51)28-38(30-59)32(2)16-17-33-20-21-55-44(23-33)57-31-53-5/h8-9,12-14,18-21,23,25,29,35,40-42,53-54,58-59H,6-7,10-11,15-17,22,24,26-28,30-31H2,1-5H3,(H2,52,56)(H,55,57). The first-order chi connectivity index (χ1) is 30.8. The Labute approximate surface area is 377 Å². The van der Waals surface area contributed by atoms with Crippen LogP contribution in [0.3, 0.4) is 0 Å². The Morgan fingerprint density at radius 2 is 1.92 bits per heavy atom. The van der Waals surface area contributed by atoms with Crippen molar-refractivity contribution in [1.29, 1.82) is 0 Å². The predicted octanol–water partition coefficient (Wildman–Crippen LogP) is 6.25. The normalized spacial score (nSPS) is 24.5. The fourth-order valence-corrected chi connectivity index (χ4v) is 10.3. The fourth-order valence-electron chi connectivity index (χ4n) is 10.3. The number of aromatic nitrogens is 2. The van der Waals surface area contributed by atoms with Crippen molar-refractivity contribution in [2.45, 2.75) is 115 Å². The number of epoxide rings is 1. The van der Waals surface area contributed by atoms with E-state index in [2.05, 4.69) is 58.0 Å². The molecule has 3 heterocycles. The third kappa shape index (κ3) is 9.65. The summed E-state index contributed by atoms with van der Waals surface area (Å²) in [6.45, 7) is 8.88. The van der Waals surface area contributed by atoms with Crippen LogP contribution in [0.5, 0.6) is 0 Å². The van der Waals surface area contributed by atoms with Crippen LogP contribution in [0.25, 0.3) is 0 Å². The molecule has 6 unspecified atom stereocenters. The van der Waals surface area contributed by atoms with Gasteiger partial charge >= 0.3 is 5.97 Å². The number of fused-ring (bicyclic) bond motifs is 3. The number of allylic oxidation sites excluding steroid dienone is 4. The number of hydrogen-bond donors (Lipinski definition) is 6. The maximum absolute atomic E-state index is 15.5. The number of carbonyl (C=O) groups is 3. The van der Waals surface area contributed by atoms with Crippen molar-refractivity contribution < 1.29 is 34.1 Å². The van der Waals surface area contributed by atoms with Crippen LogP contribution in [0.1, 0.15) is 110 Å². The quantitative estimate of drug-likeness (QED) is 0.0231. The SMILES string of the molecule is CCNC1C=C2C=CCCC2CC1C(CCCO)OC(=O)C12OC1(CC(CO)=C(C)CCc1ccnc(NCNC)c1)C(=O)c1cccc(CC(C)(C)Cc3ccc(N)nc3)c1C2=O. The van der Waals surface area contributed by atoms with Gasteiger partial charge in [0.15, 0.2) is 11.4 Å². The lowest BCUT2D eigenvalue weighted by Gasteiger charge is -2.40. The van der Waals surface area contributed by atoms with E-state index in [4.69, 9.17) is 15.2 Å². The molecule has 0 radical (unpaired) electrons. The van der Waals surface area contributed by atoms with Crippen molar-refractivity contribution in [2.75, 3.05) is 44.5 Å². The maximum Gasteiger partial charge on any atom is 0.350 e. The van der Waals surface area contributed by atoms with E-state index < -0.39 is 46.9 Å². The molecule has 6 atom stereocenters. The van der Waals surface area contributed by atoms with Crippen LogP contribution in [0.15, 0.2) is 89.8 Å². The van der Waals surface area contributed by atoms with Crippen molar-refractivity contribution in [1.82, 2.24) is 20.6 Å². The minimum absolute atomic E-state index is 0.0982. The van der Waals surface area contributed by atoms with Gasteiger partial charge in [-0.25, -0.2) is 14.8 Å². The summed E-state index contributed by atoms with van der Waals surface area (Å²) in [7, 11) is 1.85. The number of nitrogens with two attached hydrogens (primary N) is 1. The molecule has 13 heteroatoms. The molecular formula is C51H66N6O7. The monoisotopic (exact) mass is 874 g/mol. The van der Waals surface area contributed by atoms with E-state index >= 15 is 14.4 Å². The van der Waals surface area contributed by atoms with Gasteiger partial charge in [0.2, 0.25) is 5.78 Å². The van der Waals surface area contributed by atoms with Gasteiger partial charge in [-0.1, -0.05) is 68.8 Å². The van der Waals surface area contributed by atoms with Gasteiger partial charge < -0.3 is 41.4 Å². The van der Waals surface area contributed by atoms with E-state index in [1.54, 1.807) is 30.6 Å². The number of rotatable bonds is 21. The highest BCUT2D eigenvalue weighted by molar-refractivity contribution is 6.33. The summed E-state index contributed by atoms with van der Waals surface area (Å²) in [5, 5.41) is 30.9. The van der Waals surface area contributed by atoms with Crippen LogP contribution >= 0.6 is 0 Å². The van der Waals surface area contributed by atoms with Crippen LogP contribution in [-0.4, -0.2) is 94.5 Å². The molecule has 1 aromatic carbocycles. The van der Waals surface area contributed by atoms with Gasteiger partial charge in [0.1, 0.15) is 17.7 Å². The lowest BCUT2D eigenvalue weighted by molar-refractivity contribution is -0.158. The third-order valence-electron chi connectivity index (χ3n) is 13.6. The first-order valence-electron chi connectivity index (χ1n) is 23.0. The van der Waals surface area contributed by atoms with Gasteiger partial charge in [-0.2, -0.15) is 0 Å². The molecule has 0 bridgehead atoms. The van der Waals surface area contributed by atoms with Crippen molar-refractivity contribution in [3.05, 3.63) is 118 Å². The summed E-state index contributed by atoms with van der Waals surface area (Å²) in [6.07, 6.45) is 14.9. The predicted molar refractivity (Wildman–Crippen MR) is 248 cm³/mol. The molecule has 2 aromatic heterocycles. The van der Waals surface area contributed by atoms with Gasteiger partial charge in [0.25, 0.3) is 5.60 Å². The number of likely N-dealkylation sites (N-methyl/N-ethyl adjacent to an activating group) is 1. The van der Waals surface area contributed by atoms with Crippen molar-refractivity contribution in [3.63, 3.8) is 0 Å². The van der Waals surface area contributed by atoms with E-state index in [-0.39, 0.29) is 42.0 Å². The van der Waals surface area contributed by atoms with Crippen LogP contribution < -0.4 is 21.7 Å². The number of aliphatic hydroxyl groups excluding tert-OH is 2. The van der Waals surface area contributed by atoms with E-state index in [0.717, 1.165) is 41.8 Å². The summed E-state index contributed by atoms with van der Waals surface area (Å²) in [4.78, 5) is 54.6. The molecule has 7 N–H and O–H groups in total. The molecule has 0 saturated carbocycles. The number of carbonyl (C=O) groups excluding carboxylic acids is 3. The highest BCUT2D eigenvalue weighted by Crippen LogP contribution is 2.60. The molecule has 4 aliphatic rings. The molecule has 1 fully saturated rings. The zero-order valence-corrected chi connectivity index (χ0v) is 38.0. The molecule has 342 valence electrons. The highest BCUT2D eigenvalue weighted by atomic mass is 16.7. The van der Waals surface area contributed by atoms with E-state index in [0.29, 0.717) is 68.7 Å². The minimum atomic E-state index is -2.27. The van der Waals surface area contributed by atoms with Crippen LogP contribution in [-0.2, 0) is 33.5 Å². The molecule has 3 aromatic rings. The number of hydrogen-bond acceptors (Lipinski definition) is 13. The Morgan fingerprint density at radius 3 is 2.66 bits per heavy atom. The number of esters is 1. The van der Waals surface area contributed by atoms with Gasteiger partial charge in [-0.3, -0.25) is 9.59 Å². The van der Waals surface area contributed by atoms with Gasteiger partial charge in [-0.15, -0.1) is 0 Å². The number of Topliss-reactive ketones (excluding diaryl/α,β-unsaturated/α-hetero) is 2. The molecule has 3 aliphatic carbocycles. The Balaban J connectivity index is 1.25. The maximum atomic E-state index is 15.5. The number of ether oxygens (including phenoxy) is 2. The molecule has 0 spiro atoms. The number of nitrogen functional groups attached to an aromatic ring is 1. The lowest BCUT2D eigenvalue weighted by atomic mass is 9.68. The second-order valence-corrected chi connectivity index (χ2v) is 18.8. The lowest BCUT2D eigenvalue weighted by Crippen LogP contribution is -2.53. The van der Waals surface area contributed by atoms with Gasteiger partial charge in [-0.05, 0) is 136 Å². The average Bonchev–Trinajstić information content (AvgIpc) is 3.99. The summed E-state index contributed by atoms with van der Waals surface area (Å²) in [5.74, 6) is -0.692. The first kappa shape index (κ1) is 46.9. The summed E-state index contributed by atoms with van der Waals surface area (Å²) in [6, 6.07) is 12.8. The number of nitrogens with zero attached hydrogens (tertiary/aromatic N) is 2. The first-order valence-corrected chi connectivity index (χ1v) is 23.0. The van der Waals surface area contributed by atoms with Crippen LogP contribution in [0.4, 0.5) is 11.6 Å². The number of aliphatic hydroxyl groups is 2. The largest absolute Gasteiger partial charge is 0.459 e. The molecule has 13 nitrogen and oxygen atoms in total. The number of pyridine rings is 2. The Kier molecular flexibility index (Phi) is 14.7. The van der Waals surface area contributed by atoms with Gasteiger partial charge in [0, 0.05) is 48.5 Å². The number of nitrogens with one attached hydrogen (secondary N) is 3. The van der Waals surface area contributed by atoms with Crippen molar-refractivity contribution >= 4 is 29.2 Å². The average molecular weight is 875 g/mol. The minimum Gasteiger partial charge on any atom is -0.459 e. The highest BCUT2D eigenvalue weighted by Gasteiger charge is 2.86. The Bertz CT molecular complexity index is 2290. The third-order valence-corrected chi connectivity index (χ3v) is 13.6. The van der Waals surface area contributed by atoms with Crippen molar-refractivity contribution in [2.24, 2.45) is 17.3 Å². The van der Waals surface area contributed by atoms with Crippen LogP contribution in [0, 0.1) is 17.3 Å². The van der Waals surface area contributed by atoms with E-state index in [1.807, 2.05) is 45.2 Å². The van der Waals surface area contributed by atoms with E-state index in [9.17, 15) is 10.2 Å². The zero-order valence-electron chi connectivity index (χ0n) is 38.0. The number of ketones is 2. The molecule has 1 aliphatic heterocycles. The molecule has 1 saturated heterocycles. The van der Waals surface area contributed by atoms with Crippen LogP contribution in [0.2, 0.25) is 0 Å². The summed E-state index contributed by atoms with van der Waals surface area (Å²) < 4.78 is 13.1. The molecule has 0 amide bonds. The van der Waals surface area contributed by atoms with E-state index in [1.165, 1.54) is 5.57 Å². The Hall–Kier alpha value is -5.05. The summed E-state index contributed by atoms with van der Waals surface area (Å²) in [5.41, 5.74) is 6.90. The molecule has 64 heavy (non-hydrogen) atoms.